The summed E-state index contributed by atoms with van der Waals surface area (Å²) >= 11 is 11.7. The van der Waals surface area contributed by atoms with Gasteiger partial charge in [0.1, 0.15) is 5.15 Å². The second-order valence-electron chi connectivity index (χ2n) is 3.21. The van der Waals surface area contributed by atoms with Crippen LogP contribution in [0.4, 0.5) is 0 Å². The van der Waals surface area contributed by atoms with Crippen molar-refractivity contribution < 1.29 is 0 Å². The Morgan fingerprint density at radius 1 is 1.47 bits per heavy atom. The first kappa shape index (κ1) is 12.3. The lowest BCUT2D eigenvalue weighted by Crippen LogP contribution is -2.19. The normalized spacial score (nSPS) is 10.3. The Balaban J connectivity index is 2.64. The Morgan fingerprint density at radius 3 is 2.87 bits per heavy atom. The quantitative estimate of drug-likeness (QED) is 0.764. The molecule has 5 heteroatoms. The molecule has 0 aromatic carbocycles. The number of halogens is 2. The Bertz CT molecular complexity index is 373. The molecule has 0 aliphatic rings. The SMILES string of the molecule is CN(CCC#N)Cc1nc(Cl)ccc1Cl. The molecular weight excluding hydrogens is 233 g/mol. The Kier molecular flexibility index (Phi) is 4.83. The summed E-state index contributed by atoms with van der Waals surface area (Å²) in [6.45, 7) is 1.29. The van der Waals surface area contributed by atoms with Crippen LogP contribution in [0.15, 0.2) is 12.1 Å². The highest BCUT2D eigenvalue weighted by Crippen LogP contribution is 2.17. The molecule has 1 rings (SSSR count). The molecule has 0 bridgehead atoms. The van der Waals surface area contributed by atoms with E-state index in [9.17, 15) is 0 Å². The van der Waals surface area contributed by atoms with Gasteiger partial charge in [0.15, 0.2) is 0 Å². The minimum absolute atomic E-state index is 0.433. The number of aromatic nitrogens is 1. The van der Waals surface area contributed by atoms with Crippen molar-refractivity contribution in [3.63, 3.8) is 0 Å². The molecule has 3 nitrogen and oxygen atoms in total. The van der Waals surface area contributed by atoms with Gasteiger partial charge in [-0.05, 0) is 19.2 Å². The topological polar surface area (TPSA) is 39.9 Å². The van der Waals surface area contributed by atoms with E-state index in [1.165, 1.54) is 0 Å². The van der Waals surface area contributed by atoms with Gasteiger partial charge in [-0.1, -0.05) is 23.2 Å². The first-order valence-corrected chi connectivity index (χ1v) is 5.25. The molecule has 0 fully saturated rings. The van der Waals surface area contributed by atoms with E-state index in [0.717, 1.165) is 5.69 Å². The van der Waals surface area contributed by atoms with E-state index in [4.69, 9.17) is 28.5 Å². The fourth-order valence-corrected chi connectivity index (χ4v) is 1.47. The van der Waals surface area contributed by atoms with Gasteiger partial charge in [-0.15, -0.1) is 0 Å². The summed E-state index contributed by atoms with van der Waals surface area (Å²) in [6.07, 6.45) is 0.495. The van der Waals surface area contributed by atoms with Crippen molar-refractivity contribution in [2.45, 2.75) is 13.0 Å². The smallest absolute Gasteiger partial charge is 0.129 e. The second kappa shape index (κ2) is 5.92. The molecule has 0 N–H and O–H groups in total. The summed E-state index contributed by atoms with van der Waals surface area (Å²) in [5.74, 6) is 0. The maximum Gasteiger partial charge on any atom is 0.129 e. The predicted molar refractivity (Wildman–Crippen MR) is 60.8 cm³/mol. The lowest BCUT2D eigenvalue weighted by atomic mass is 10.3. The molecule has 0 spiro atoms. The summed E-state index contributed by atoms with van der Waals surface area (Å²) in [6, 6.07) is 5.47. The van der Waals surface area contributed by atoms with Crippen molar-refractivity contribution in [3.05, 3.63) is 28.0 Å². The van der Waals surface area contributed by atoms with Crippen LogP contribution in [0, 0.1) is 11.3 Å². The van der Waals surface area contributed by atoms with E-state index in [0.29, 0.717) is 29.7 Å². The molecule has 0 radical (unpaired) electrons. The first-order chi connectivity index (χ1) is 7.13. The highest BCUT2D eigenvalue weighted by molar-refractivity contribution is 6.32. The van der Waals surface area contributed by atoms with Crippen molar-refractivity contribution in [1.82, 2.24) is 9.88 Å². The highest BCUT2D eigenvalue weighted by Gasteiger charge is 2.06. The van der Waals surface area contributed by atoms with Crippen LogP contribution in [0.5, 0.6) is 0 Å². The molecule has 0 amide bonds. The molecule has 0 saturated carbocycles. The van der Waals surface area contributed by atoms with E-state index < -0.39 is 0 Å². The first-order valence-electron chi connectivity index (χ1n) is 4.50. The maximum atomic E-state index is 8.44. The standard InChI is InChI=1S/C10H11Cl2N3/c1-15(6-2-5-13)7-9-8(11)3-4-10(12)14-9/h3-4H,2,6-7H2,1H3. The van der Waals surface area contributed by atoms with Crippen LogP contribution < -0.4 is 0 Å². The third-order valence-electron chi connectivity index (χ3n) is 1.91. The lowest BCUT2D eigenvalue weighted by molar-refractivity contribution is 0.331. The van der Waals surface area contributed by atoms with Gasteiger partial charge in [0.05, 0.1) is 16.8 Å². The average Bonchev–Trinajstić information content (AvgIpc) is 2.20. The van der Waals surface area contributed by atoms with Gasteiger partial charge in [-0.25, -0.2) is 4.98 Å². The van der Waals surface area contributed by atoms with E-state index in [1.54, 1.807) is 12.1 Å². The molecular formula is C10H11Cl2N3. The number of rotatable bonds is 4. The Labute approximate surface area is 99.2 Å². The van der Waals surface area contributed by atoms with Gasteiger partial charge >= 0.3 is 0 Å². The van der Waals surface area contributed by atoms with Crippen molar-refractivity contribution >= 4 is 23.2 Å². The monoisotopic (exact) mass is 243 g/mol. The molecule has 0 unspecified atom stereocenters. The summed E-state index contributed by atoms with van der Waals surface area (Å²) < 4.78 is 0. The molecule has 0 atom stereocenters. The Morgan fingerprint density at radius 2 is 2.20 bits per heavy atom. The molecule has 0 aliphatic heterocycles. The summed E-state index contributed by atoms with van der Waals surface area (Å²) in [5.41, 5.74) is 0.740. The summed E-state index contributed by atoms with van der Waals surface area (Å²) in [7, 11) is 1.91. The highest BCUT2D eigenvalue weighted by atomic mass is 35.5. The third-order valence-corrected chi connectivity index (χ3v) is 2.46. The number of hydrogen-bond acceptors (Lipinski definition) is 3. The number of pyridine rings is 1. The fraction of sp³-hybridized carbons (Fsp3) is 0.400. The lowest BCUT2D eigenvalue weighted by Gasteiger charge is -2.14. The fourth-order valence-electron chi connectivity index (χ4n) is 1.14. The van der Waals surface area contributed by atoms with E-state index in [-0.39, 0.29) is 0 Å². The van der Waals surface area contributed by atoms with Crippen molar-refractivity contribution in [2.24, 2.45) is 0 Å². The number of hydrogen-bond donors (Lipinski definition) is 0. The van der Waals surface area contributed by atoms with Crippen LogP contribution in [-0.2, 0) is 6.54 Å². The average molecular weight is 244 g/mol. The molecule has 1 aromatic rings. The molecule has 0 aliphatic carbocycles. The molecule has 15 heavy (non-hydrogen) atoms. The predicted octanol–water partition coefficient (Wildman–Crippen LogP) is 2.73. The Hall–Kier alpha value is -0.820. The summed E-state index contributed by atoms with van der Waals surface area (Å²) in [4.78, 5) is 6.11. The zero-order valence-electron chi connectivity index (χ0n) is 8.37. The van der Waals surface area contributed by atoms with Gasteiger partial charge in [0, 0.05) is 19.5 Å². The van der Waals surface area contributed by atoms with Crippen LogP contribution in [-0.4, -0.2) is 23.5 Å². The third kappa shape index (κ3) is 4.05. The molecule has 0 saturated heterocycles. The minimum atomic E-state index is 0.433. The van der Waals surface area contributed by atoms with Gasteiger partial charge in [-0.3, -0.25) is 4.90 Å². The number of nitrogens with zero attached hydrogens (tertiary/aromatic N) is 3. The van der Waals surface area contributed by atoms with Gasteiger partial charge in [0.25, 0.3) is 0 Å². The van der Waals surface area contributed by atoms with Gasteiger partial charge in [0.2, 0.25) is 0 Å². The second-order valence-corrected chi connectivity index (χ2v) is 4.00. The van der Waals surface area contributed by atoms with Crippen LogP contribution >= 0.6 is 23.2 Å². The zero-order chi connectivity index (χ0) is 11.3. The van der Waals surface area contributed by atoms with Crippen molar-refractivity contribution in [1.29, 1.82) is 5.26 Å². The summed E-state index contributed by atoms with van der Waals surface area (Å²) in [5, 5.41) is 9.47. The number of nitriles is 1. The van der Waals surface area contributed by atoms with Crippen LogP contribution in [0.25, 0.3) is 0 Å². The van der Waals surface area contributed by atoms with E-state index in [1.807, 2.05) is 11.9 Å². The van der Waals surface area contributed by atoms with E-state index in [2.05, 4.69) is 11.1 Å². The maximum absolute atomic E-state index is 8.44. The van der Waals surface area contributed by atoms with E-state index >= 15 is 0 Å². The van der Waals surface area contributed by atoms with Gasteiger partial charge < -0.3 is 0 Å². The van der Waals surface area contributed by atoms with Crippen molar-refractivity contribution in [2.75, 3.05) is 13.6 Å². The van der Waals surface area contributed by atoms with Crippen molar-refractivity contribution in [3.8, 4) is 6.07 Å². The molecule has 1 aromatic heterocycles. The molecule has 80 valence electrons. The zero-order valence-corrected chi connectivity index (χ0v) is 9.89. The largest absolute Gasteiger partial charge is 0.299 e. The van der Waals surface area contributed by atoms with Crippen LogP contribution in [0.1, 0.15) is 12.1 Å². The van der Waals surface area contributed by atoms with Crippen LogP contribution in [0.2, 0.25) is 10.2 Å². The van der Waals surface area contributed by atoms with Gasteiger partial charge in [-0.2, -0.15) is 5.26 Å². The molecule has 1 heterocycles. The van der Waals surface area contributed by atoms with Crippen LogP contribution in [0.3, 0.4) is 0 Å². The minimum Gasteiger partial charge on any atom is -0.299 e.